The largest absolute Gasteiger partial charge is 0.480 e. The number of nitrogens with one attached hydrogen (secondary N) is 3. The van der Waals surface area contributed by atoms with E-state index >= 15 is 0 Å². The lowest BCUT2D eigenvalue weighted by Gasteiger charge is -2.33. The molecule has 4 atom stereocenters. The molecule has 6 fully saturated rings. The summed E-state index contributed by atoms with van der Waals surface area (Å²) >= 11 is 0. The topological polar surface area (TPSA) is 186 Å². The molecule has 11 heteroatoms. The van der Waals surface area contributed by atoms with Gasteiger partial charge in [0.25, 0.3) is 5.91 Å². The number of carboxylic acid groups (broad SMARTS) is 1. The molecule has 6 saturated carbocycles. The van der Waals surface area contributed by atoms with Gasteiger partial charge >= 0.3 is 5.97 Å². The van der Waals surface area contributed by atoms with Gasteiger partial charge in [0.05, 0.1) is 34.7 Å². The summed E-state index contributed by atoms with van der Waals surface area (Å²) in [5, 5.41) is 36.5. The molecule has 1 amide bonds. The zero-order valence-electron chi connectivity index (χ0n) is 30.6. The number of fused-ring (bicyclic) bond motifs is 1. The van der Waals surface area contributed by atoms with Crippen molar-refractivity contribution in [2.75, 3.05) is 0 Å². The van der Waals surface area contributed by atoms with Gasteiger partial charge in [-0.05, 0) is 107 Å². The van der Waals surface area contributed by atoms with Gasteiger partial charge in [-0.25, -0.2) is 9.97 Å². The van der Waals surface area contributed by atoms with Crippen LogP contribution in [0.15, 0.2) is 42.7 Å². The van der Waals surface area contributed by atoms with Gasteiger partial charge in [0.15, 0.2) is 5.65 Å². The zero-order chi connectivity index (χ0) is 36.5. The first kappa shape index (κ1) is 37.0. The zero-order valence-corrected chi connectivity index (χ0v) is 30.6. The van der Waals surface area contributed by atoms with E-state index in [-0.39, 0.29) is 24.0 Å². The lowest BCUT2D eigenvalue weighted by atomic mass is 9.88. The first-order valence-corrected chi connectivity index (χ1v) is 19.9. The van der Waals surface area contributed by atoms with Crippen molar-refractivity contribution in [3.63, 3.8) is 0 Å². The van der Waals surface area contributed by atoms with Gasteiger partial charge in [0.1, 0.15) is 11.6 Å². The highest BCUT2D eigenvalue weighted by Gasteiger charge is 2.48. The smallest absolute Gasteiger partial charge is 0.320 e. The van der Waals surface area contributed by atoms with E-state index in [9.17, 15) is 19.8 Å². The summed E-state index contributed by atoms with van der Waals surface area (Å²) in [5.74, 6) is 0.990. The van der Waals surface area contributed by atoms with Crippen molar-refractivity contribution in [3.05, 3.63) is 59.5 Å². The second kappa shape index (κ2) is 15.5. The minimum Gasteiger partial charge on any atom is -0.480 e. The Bertz CT molecular complexity index is 1670. The van der Waals surface area contributed by atoms with E-state index in [0.29, 0.717) is 40.4 Å². The van der Waals surface area contributed by atoms with Crippen molar-refractivity contribution in [3.8, 4) is 0 Å². The molecule has 2 heterocycles. The van der Waals surface area contributed by atoms with Crippen LogP contribution < -0.4 is 16.4 Å². The van der Waals surface area contributed by atoms with Gasteiger partial charge in [-0.15, -0.1) is 0 Å². The third-order valence-electron chi connectivity index (χ3n) is 12.4. The summed E-state index contributed by atoms with van der Waals surface area (Å²) in [6.45, 7) is 2.01. The molecule has 52 heavy (non-hydrogen) atoms. The molecule has 0 bridgehead atoms. The molecule has 6 aliphatic rings. The van der Waals surface area contributed by atoms with E-state index < -0.39 is 23.2 Å². The molecule has 2 aromatic heterocycles. The number of aliphatic carboxylic acids is 1. The third kappa shape index (κ3) is 8.86. The molecule has 3 aromatic rings. The third-order valence-corrected chi connectivity index (χ3v) is 12.4. The van der Waals surface area contributed by atoms with Crippen LogP contribution in [0.4, 0.5) is 0 Å². The normalized spacial score (nSPS) is 24.1. The van der Waals surface area contributed by atoms with Crippen molar-refractivity contribution < 1.29 is 24.9 Å². The molecule has 0 spiro atoms. The number of nitrogens with zero attached hydrogens (tertiary/aromatic N) is 2. The predicted octanol–water partition coefficient (Wildman–Crippen LogP) is 5.88. The van der Waals surface area contributed by atoms with Gasteiger partial charge < -0.3 is 31.4 Å². The summed E-state index contributed by atoms with van der Waals surface area (Å²) in [6.07, 6.45) is 20.4. The molecule has 6 aliphatic carbocycles. The molecular formula is C41H58N6O5. The van der Waals surface area contributed by atoms with E-state index in [4.69, 9.17) is 10.8 Å². The minimum atomic E-state index is -0.742. The molecule has 11 nitrogen and oxygen atoms in total. The molecule has 0 aliphatic heterocycles. The number of aliphatic hydroxyl groups is 2. The predicted molar refractivity (Wildman–Crippen MR) is 200 cm³/mol. The van der Waals surface area contributed by atoms with E-state index in [1.165, 1.54) is 12.8 Å². The highest BCUT2D eigenvalue weighted by atomic mass is 16.4. The number of hydrogen-bond donors (Lipinski definition) is 7. The summed E-state index contributed by atoms with van der Waals surface area (Å²) in [4.78, 5) is 36.2. The first-order chi connectivity index (χ1) is 25.0. The quantitative estimate of drug-likeness (QED) is 0.120. The van der Waals surface area contributed by atoms with E-state index in [1.54, 1.807) is 6.20 Å². The molecule has 0 saturated heterocycles. The van der Waals surface area contributed by atoms with Crippen molar-refractivity contribution in [2.45, 2.75) is 151 Å². The Hall–Kier alpha value is -3.38. The van der Waals surface area contributed by atoms with Crippen LogP contribution >= 0.6 is 0 Å². The molecule has 1 aromatic carbocycles. The minimum absolute atomic E-state index is 0.0741. The van der Waals surface area contributed by atoms with Crippen LogP contribution in [0.2, 0.25) is 0 Å². The Balaban J connectivity index is 0.000000133. The van der Waals surface area contributed by atoms with Gasteiger partial charge in [-0.3, -0.25) is 14.9 Å². The van der Waals surface area contributed by atoms with Gasteiger partial charge in [-0.1, -0.05) is 56.0 Å². The van der Waals surface area contributed by atoms with Crippen LogP contribution in [0, 0.1) is 17.8 Å². The van der Waals surface area contributed by atoms with Crippen LogP contribution in [0.1, 0.15) is 143 Å². The number of carbonyl (C=O) groups excluding carboxylic acids is 1. The highest BCUT2D eigenvalue weighted by molar-refractivity contribution is 6.04. The fourth-order valence-corrected chi connectivity index (χ4v) is 8.45. The van der Waals surface area contributed by atoms with Crippen molar-refractivity contribution in [2.24, 2.45) is 23.5 Å². The number of amides is 1. The number of H-pyrrole nitrogens is 1. The molecule has 9 rings (SSSR count). The highest BCUT2D eigenvalue weighted by Crippen LogP contribution is 2.44. The van der Waals surface area contributed by atoms with Crippen molar-refractivity contribution >= 4 is 23.0 Å². The molecule has 0 radical (unpaired) electrons. The Labute approximate surface area is 307 Å². The lowest BCUT2D eigenvalue weighted by Crippen LogP contribution is -2.52. The number of benzene rings is 1. The first-order valence-electron chi connectivity index (χ1n) is 19.9. The average Bonchev–Trinajstić information content (AvgIpc) is 3.95. The van der Waals surface area contributed by atoms with E-state index in [2.05, 4.69) is 25.6 Å². The van der Waals surface area contributed by atoms with Crippen LogP contribution in [0.5, 0.6) is 0 Å². The Kier molecular flexibility index (Phi) is 11.0. The SMILES string of the molecule is C[C@@H](N[C@@H](C(=O)O)C1CC1)c1ccccc1.N[C@H](C1CC1)C1(O)CCCC1.O=C(N[C@H](C1CC1)C1(O)CCCC1)c1c[nH]c2ncc(C3CC3)nc12. The number of carbonyl (C=O) groups is 2. The number of nitrogens with two attached hydrogens (primary N) is 1. The van der Waals surface area contributed by atoms with Crippen molar-refractivity contribution in [1.82, 2.24) is 25.6 Å². The second-order valence-electron chi connectivity index (χ2n) is 16.7. The van der Waals surface area contributed by atoms with Crippen LogP contribution in [0.25, 0.3) is 11.2 Å². The number of aromatic nitrogens is 3. The average molecular weight is 715 g/mol. The Morgan fingerprint density at radius 2 is 1.46 bits per heavy atom. The van der Waals surface area contributed by atoms with Crippen LogP contribution in [-0.2, 0) is 4.79 Å². The van der Waals surface area contributed by atoms with Gasteiger partial charge in [-0.2, -0.15) is 0 Å². The molecule has 8 N–H and O–H groups in total. The number of aromatic amines is 1. The lowest BCUT2D eigenvalue weighted by molar-refractivity contribution is -0.140. The molecule has 0 unspecified atom stereocenters. The van der Waals surface area contributed by atoms with Crippen molar-refractivity contribution in [1.29, 1.82) is 0 Å². The Morgan fingerprint density at radius 1 is 0.865 bits per heavy atom. The second-order valence-corrected chi connectivity index (χ2v) is 16.7. The molecule has 282 valence electrons. The van der Waals surface area contributed by atoms with Crippen LogP contribution in [0.3, 0.4) is 0 Å². The maximum absolute atomic E-state index is 12.9. The van der Waals surface area contributed by atoms with E-state index in [1.807, 2.05) is 43.5 Å². The maximum atomic E-state index is 12.9. The number of rotatable bonds is 12. The number of carboxylic acids is 1. The number of hydrogen-bond acceptors (Lipinski definition) is 8. The summed E-state index contributed by atoms with van der Waals surface area (Å²) < 4.78 is 0. The summed E-state index contributed by atoms with van der Waals surface area (Å²) in [6, 6.07) is 9.56. The fraction of sp³-hybridized carbons (Fsp3) is 0.659. The standard InChI is InChI=1S/C19H24N4O2.C13H17NO2.C9H17NO/c24-18(23-16(12-5-6-12)19(25)7-1-2-8-19)13-9-20-17-15(13)22-14(10-21-17)11-3-4-11;1-9(10-5-3-2-4-6-10)14-12(13(15)16)11-7-8-11;10-8(7-3-4-7)9(11)5-1-2-6-9/h9-12,16,25H,1-8H2,(H,20,21)(H,23,24);2-6,9,11-12,14H,7-8H2,1H3,(H,15,16);7-8,11H,1-6,10H2/t16-;9-,12-;8-/m111/s1. The maximum Gasteiger partial charge on any atom is 0.320 e. The van der Waals surface area contributed by atoms with Gasteiger partial charge in [0, 0.05) is 24.2 Å². The fourth-order valence-electron chi connectivity index (χ4n) is 8.45. The summed E-state index contributed by atoms with van der Waals surface area (Å²) in [5.41, 5.74) is 8.69. The van der Waals surface area contributed by atoms with Gasteiger partial charge in [0.2, 0.25) is 0 Å². The van der Waals surface area contributed by atoms with E-state index in [0.717, 1.165) is 101 Å². The Morgan fingerprint density at radius 3 is 2.02 bits per heavy atom. The summed E-state index contributed by atoms with van der Waals surface area (Å²) in [7, 11) is 0. The molecular weight excluding hydrogens is 656 g/mol. The van der Waals surface area contributed by atoms with Crippen LogP contribution in [-0.4, -0.2) is 71.5 Å². The monoisotopic (exact) mass is 714 g/mol.